The van der Waals surface area contributed by atoms with E-state index in [0.717, 1.165) is 32.5 Å². The number of fused-ring (bicyclic) bond motifs is 1. The molecule has 0 unspecified atom stereocenters. The quantitative estimate of drug-likeness (QED) is 0.461. The van der Waals surface area contributed by atoms with Crippen molar-refractivity contribution in [2.45, 2.75) is 25.4 Å². The van der Waals surface area contributed by atoms with Crippen molar-refractivity contribution in [2.75, 3.05) is 43.4 Å². The van der Waals surface area contributed by atoms with Crippen LogP contribution in [0.1, 0.15) is 18.4 Å². The third-order valence-electron chi connectivity index (χ3n) is 6.69. The highest BCUT2D eigenvalue weighted by Crippen LogP contribution is 2.26. The maximum absolute atomic E-state index is 13.5. The number of amides is 1. The molecule has 5 heterocycles. The normalized spacial score (nSPS) is 19.0. The van der Waals surface area contributed by atoms with Crippen molar-refractivity contribution in [3.8, 4) is 11.6 Å². The van der Waals surface area contributed by atoms with Gasteiger partial charge in [0, 0.05) is 39.3 Å². The molecular formula is C24H27N9O2. The topological polar surface area (TPSA) is 122 Å². The lowest BCUT2D eigenvalue weighted by molar-refractivity contribution is -0.134. The minimum absolute atomic E-state index is 0.127. The van der Waals surface area contributed by atoms with Gasteiger partial charge in [-0.15, -0.1) is 5.10 Å². The summed E-state index contributed by atoms with van der Waals surface area (Å²) in [5.74, 6) is 1.94. The first-order valence-corrected chi connectivity index (χ1v) is 11.9. The van der Waals surface area contributed by atoms with E-state index in [9.17, 15) is 4.79 Å². The molecule has 0 radical (unpaired) electrons. The Balaban J connectivity index is 1.16. The van der Waals surface area contributed by atoms with E-state index in [0.29, 0.717) is 42.9 Å². The summed E-state index contributed by atoms with van der Waals surface area (Å²) in [5.41, 5.74) is 7.48. The van der Waals surface area contributed by atoms with Crippen molar-refractivity contribution >= 4 is 23.6 Å². The number of carbonyl (C=O) groups is 1. The highest BCUT2D eigenvalue weighted by Gasteiger charge is 2.36. The van der Waals surface area contributed by atoms with Crippen LogP contribution in [-0.2, 0) is 11.3 Å². The zero-order valence-corrected chi connectivity index (χ0v) is 19.3. The van der Waals surface area contributed by atoms with E-state index in [-0.39, 0.29) is 17.9 Å². The van der Waals surface area contributed by atoms with Gasteiger partial charge in [-0.05, 0) is 30.5 Å². The SMILES string of the molecule is Nc1nc(N2CCC[C@H]2C(=O)N2CCN(Cc3ccccc3)CC2)nc2nc(-c3ccco3)nn12. The van der Waals surface area contributed by atoms with E-state index in [1.807, 2.05) is 15.9 Å². The average Bonchev–Trinajstić information content (AvgIpc) is 3.65. The van der Waals surface area contributed by atoms with Crippen LogP contribution in [0.3, 0.4) is 0 Å². The van der Waals surface area contributed by atoms with Crippen LogP contribution in [0.15, 0.2) is 53.1 Å². The Morgan fingerprint density at radius 1 is 1.00 bits per heavy atom. The lowest BCUT2D eigenvalue weighted by atomic mass is 10.1. The number of nitrogens with zero attached hydrogens (tertiary/aromatic N) is 8. The Morgan fingerprint density at radius 3 is 2.60 bits per heavy atom. The molecule has 0 spiro atoms. The molecule has 0 bridgehead atoms. The molecule has 6 rings (SSSR count). The molecule has 2 saturated heterocycles. The fourth-order valence-corrected chi connectivity index (χ4v) is 4.87. The molecular weight excluding hydrogens is 446 g/mol. The fourth-order valence-electron chi connectivity index (χ4n) is 4.87. The first kappa shape index (κ1) is 21.5. The molecule has 3 aromatic heterocycles. The van der Waals surface area contributed by atoms with Gasteiger partial charge in [-0.1, -0.05) is 30.3 Å². The van der Waals surface area contributed by atoms with Crippen LogP contribution in [0.5, 0.6) is 0 Å². The number of nitrogens with two attached hydrogens (primary N) is 1. The van der Waals surface area contributed by atoms with Crippen LogP contribution in [0.25, 0.3) is 17.4 Å². The Hall–Kier alpha value is -3.99. The van der Waals surface area contributed by atoms with Crippen molar-refractivity contribution in [1.29, 1.82) is 0 Å². The molecule has 1 aromatic carbocycles. The summed E-state index contributed by atoms with van der Waals surface area (Å²) in [6.07, 6.45) is 3.22. The van der Waals surface area contributed by atoms with E-state index in [2.05, 4.69) is 49.2 Å². The molecule has 11 nitrogen and oxygen atoms in total. The molecule has 0 saturated carbocycles. The second kappa shape index (κ2) is 8.99. The van der Waals surface area contributed by atoms with Crippen molar-refractivity contribution in [1.82, 2.24) is 34.4 Å². The van der Waals surface area contributed by atoms with Crippen molar-refractivity contribution in [2.24, 2.45) is 0 Å². The van der Waals surface area contributed by atoms with Crippen LogP contribution in [0, 0.1) is 0 Å². The number of anilines is 2. The molecule has 180 valence electrons. The predicted molar refractivity (Wildman–Crippen MR) is 129 cm³/mol. The number of carbonyl (C=O) groups excluding carboxylic acids is 1. The maximum Gasteiger partial charge on any atom is 0.259 e. The number of aromatic nitrogens is 5. The van der Waals surface area contributed by atoms with Gasteiger partial charge in [-0.3, -0.25) is 9.69 Å². The summed E-state index contributed by atoms with van der Waals surface area (Å²) in [7, 11) is 0. The van der Waals surface area contributed by atoms with Crippen LogP contribution < -0.4 is 10.6 Å². The molecule has 11 heteroatoms. The Morgan fingerprint density at radius 2 is 1.83 bits per heavy atom. The van der Waals surface area contributed by atoms with E-state index < -0.39 is 0 Å². The second-order valence-electron chi connectivity index (χ2n) is 8.94. The smallest absolute Gasteiger partial charge is 0.259 e. The number of rotatable bonds is 5. The Bertz CT molecular complexity index is 1310. The van der Waals surface area contributed by atoms with Crippen LogP contribution in [0.2, 0.25) is 0 Å². The number of benzene rings is 1. The largest absolute Gasteiger partial charge is 0.461 e. The minimum Gasteiger partial charge on any atom is -0.461 e. The van der Waals surface area contributed by atoms with Gasteiger partial charge in [0.25, 0.3) is 5.78 Å². The molecule has 0 aliphatic carbocycles. The third-order valence-corrected chi connectivity index (χ3v) is 6.69. The predicted octanol–water partition coefficient (Wildman–Crippen LogP) is 1.67. The number of hydrogen-bond acceptors (Lipinski definition) is 9. The summed E-state index contributed by atoms with van der Waals surface area (Å²) in [4.78, 5) is 33.3. The highest BCUT2D eigenvalue weighted by molar-refractivity contribution is 5.85. The average molecular weight is 474 g/mol. The zero-order chi connectivity index (χ0) is 23.8. The van der Waals surface area contributed by atoms with Gasteiger partial charge in [0.1, 0.15) is 6.04 Å². The minimum atomic E-state index is -0.301. The molecule has 1 amide bonds. The number of hydrogen-bond donors (Lipinski definition) is 1. The van der Waals surface area contributed by atoms with Gasteiger partial charge < -0.3 is 20.0 Å². The van der Waals surface area contributed by atoms with Crippen LogP contribution >= 0.6 is 0 Å². The standard InChI is InChI=1S/C24H27N9O2/c25-22-27-23(28-24-26-20(29-33(22)24)19-9-5-15-35-19)32-10-4-8-18(32)21(34)31-13-11-30(12-14-31)16-17-6-2-1-3-7-17/h1-3,5-7,9,15,18H,4,8,10-14,16H2,(H2,25,26,27,28,29)/t18-/m0/s1. The lowest BCUT2D eigenvalue weighted by Gasteiger charge is -2.37. The van der Waals surface area contributed by atoms with Crippen LogP contribution in [-0.4, -0.2) is 79.0 Å². The number of piperazine rings is 1. The first-order chi connectivity index (χ1) is 17.2. The third kappa shape index (κ3) is 4.18. The van der Waals surface area contributed by atoms with Gasteiger partial charge in [0.15, 0.2) is 5.76 Å². The van der Waals surface area contributed by atoms with E-state index in [1.54, 1.807) is 18.4 Å². The summed E-state index contributed by atoms with van der Waals surface area (Å²) in [6.45, 7) is 4.75. The van der Waals surface area contributed by atoms with E-state index in [4.69, 9.17) is 10.2 Å². The fraction of sp³-hybridized carbons (Fsp3) is 0.375. The molecule has 2 aliphatic heterocycles. The first-order valence-electron chi connectivity index (χ1n) is 11.9. The van der Waals surface area contributed by atoms with Gasteiger partial charge in [-0.25, -0.2) is 0 Å². The highest BCUT2D eigenvalue weighted by atomic mass is 16.3. The van der Waals surface area contributed by atoms with Gasteiger partial charge in [0.05, 0.1) is 6.26 Å². The summed E-state index contributed by atoms with van der Waals surface area (Å²) < 4.78 is 6.77. The Labute approximate surface area is 202 Å². The zero-order valence-electron chi connectivity index (χ0n) is 19.3. The molecule has 4 aromatic rings. The second-order valence-corrected chi connectivity index (χ2v) is 8.94. The van der Waals surface area contributed by atoms with Crippen LogP contribution in [0.4, 0.5) is 11.9 Å². The van der Waals surface area contributed by atoms with Crippen molar-refractivity contribution < 1.29 is 9.21 Å². The number of furan rings is 1. The Kier molecular flexibility index (Phi) is 5.53. The molecule has 2 aliphatic rings. The van der Waals surface area contributed by atoms with E-state index >= 15 is 0 Å². The van der Waals surface area contributed by atoms with Crippen molar-refractivity contribution in [3.05, 3.63) is 54.3 Å². The van der Waals surface area contributed by atoms with E-state index in [1.165, 1.54) is 10.1 Å². The molecule has 2 N–H and O–H groups in total. The van der Waals surface area contributed by atoms with Gasteiger partial charge >= 0.3 is 0 Å². The molecule has 2 fully saturated rings. The maximum atomic E-state index is 13.5. The summed E-state index contributed by atoms with van der Waals surface area (Å²) in [6, 6.07) is 13.7. The molecule has 1 atom stereocenters. The van der Waals surface area contributed by atoms with Gasteiger partial charge in [0.2, 0.25) is 23.6 Å². The monoisotopic (exact) mass is 473 g/mol. The van der Waals surface area contributed by atoms with Crippen molar-refractivity contribution in [3.63, 3.8) is 0 Å². The molecule has 35 heavy (non-hydrogen) atoms. The lowest BCUT2D eigenvalue weighted by Crippen LogP contribution is -2.53. The summed E-state index contributed by atoms with van der Waals surface area (Å²) >= 11 is 0. The summed E-state index contributed by atoms with van der Waals surface area (Å²) in [5, 5.41) is 4.35. The van der Waals surface area contributed by atoms with Gasteiger partial charge in [-0.2, -0.15) is 19.5 Å². The number of nitrogen functional groups attached to an aromatic ring is 1.